The van der Waals surface area contributed by atoms with Crippen molar-refractivity contribution in [1.29, 1.82) is 0 Å². The Balaban J connectivity index is -0.000000758. The van der Waals surface area contributed by atoms with Crippen molar-refractivity contribution in [1.82, 2.24) is 21.5 Å². The van der Waals surface area contributed by atoms with Crippen LogP contribution in [0.15, 0.2) is 266 Å². The number of hydrogen-bond acceptors (Lipinski definition) is 31. The summed E-state index contributed by atoms with van der Waals surface area (Å²) in [4.78, 5) is 30.1. The zero-order valence-corrected chi connectivity index (χ0v) is 94.4. The van der Waals surface area contributed by atoms with Crippen LogP contribution in [0.25, 0.3) is 0 Å². The van der Waals surface area contributed by atoms with E-state index in [1.807, 2.05) is 119 Å². The summed E-state index contributed by atoms with van der Waals surface area (Å²) < 4.78 is 187. The summed E-state index contributed by atoms with van der Waals surface area (Å²) >= 11 is -0.402. The van der Waals surface area contributed by atoms with Gasteiger partial charge in [0.1, 0.15) is 57.4 Å². The van der Waals surface area contributed by atoms with E-state index in [-0.39, 0.29) is 118 Å². The molecule has 8 aromatic carbocycles. The first-order valence-electron chi connectivity index (χ1n) is 43.2. The maximum absolute atomic E-state index is 11.6. The number of aryl methyl sites for hydroxylation is 2. The normalized spacial score (nSPS) is 17.5. The minimum absolute atomic E-state index is 0. The Morgan fingerprint density at radius 3 is 0.950 bits per heavy atom. The van der Waals surface area contributed by atoms with E-state index in [1.54, 1.807) is 66.7 Å². The van der Waals surface area contributed by atoms with E-state index in [4.69, 9.17) is 64.8 Å². The van der Waals surface area contributed by atoms with Gasteiger partial charge in [-0.05, 0) is 144 Å². The Labute approximate surface area is 866 Å². The van der Waals surface area contributed by atoms with E-state index in [0.29, 0.717) is 52.8 Å². The van der Waals surface area contributed by atoms with Gasteiger partial charge in [-0.15, -0.1) is 0 Å². The van der Waals surface area contributed by atoms with Crippen LogP contribution in [-0.4, -0.2) is 253 Å². The van der Waals surface area contributed by atoms with Gasteiger partial charge in [0.05, 0.1) is 77.2 Å². The SMILES string of the molecule is C.C=C1CN(S(C)(=O)=O)C[C@@H]1Oc1ccccc1C.C=C1CN(S(C)(=O)=O)C[C@@H]1Oc1ccccc1O.C=C1CN(S(C)(=O)=O)C[C@@H]1Oc1ccccc1OC(C)=O.C=C1CN(S(C)(=O)=O)C[C@H]1O.CC.CC.CC.CC.CC.CC(=O)Oc1ccccc1O.CN=O.Cc1ccccc1O[C@H]1CN(S(C)(=O)=O)C[C@@]1(O)CO.S=P[P+](c1ccccc1)(c1ccccc1)c1ccccc1.[Na+].[OH-].[O]=[Os](=[O])(=[O])=[O]. The monoisotopic (exact) mass is 2310 g/mol. The van der Waals surface area contributed by atoms with E-state index in [1.165, 1.54) is 78.5 Å². The number of phenols is 2. The second-order valence-corrected chi connectivity index (χ2v) is 48.2. The molecule has 6 atom stereocenters. The van der Waals surface area contributed by atoms with Crippen molar-refractivity contribution in [3.8, 4) is 46.0 Å². The van der Waals surface area contributed by atoms with Crippen molar-refractivity contribution >= 4 is 104 Å². The second-order valence-electron chi connectivity index (χ2n) is 29.0. The molecule has 5 aliphatic rings. The van der Waals surface area contributed by atoms with Crippen molar-refractivity contribution in [2.45, 2.75) is 140 Å². The summed E-state index contributed by atoms with van der Waals surface area (Å²) in [6.45, 7) is 41.1. The minimum atomic E-state index is -6.06. The molecule has 782 valence electrons. The number of ether oxygens (including phenoxy) is 6. The number of rotatable bonds is 20. The number of benzene rings is 8. The van der Waals surface area contributed by atoms with E-state index >= 15 is 0 Å². The van der Waals surface area contributed by atoms with Crippen LogP contribution in [0.3, 0.4) is 0 Å². The van der Waals surface area contributed by atoms with Crippen LogP contribution in [0.1, 0.15) is 102 Å². The Morgan fingerprint density at radius 2 is 0.681 bits per heavy atom. The molecule has 35 nitrogen and oxygen atoms in total. The summed E-state index contributed by atoms with van der Waals surface area (Å²) in [5.74, 6) is 1.67. The molecule has 13 rings (SSSR count). The first-order chi connectivity index (χ1) is 64.7. The molecule has 8 aromatic rings. The van der Waals surface area contributed by atoms with Crippen LogP contribution in [0, 0.1) is 18.8 Å². The van der Waals surface area contributed by atoms with E-state index < -0.39 is 120 Å². The van der Waals surface area contributed by atoms with E-state index in [0.717, 1.165) is 58.8 Å². The maximum atomic E-state index is 11.6. The summed E-state index contributed by atoms with van der Waals surface area (Å²) in [6.07, 6.45) is 3.06. The number of nitroso groups, excluding NO2 is 1. The molecule has 0 unspecified atom stereocenters. The molecule has 0 amide bonds. The standard InChI is InChI=1S/C18H15P2S.C14H17NO5S.C13H19NO5S.C13H17NO3S.C12H15NO4S.C8H8O3.C6H11NO3S.5C2H6.CH3NO.CH4.Na.H2O.4O.Os/c21-19-20(16-10-4-1-5-11-16,17-12-6-2-7-13-17)18-14-8-3-9-15-18;1-10-8-15(21(3,17)18)9-14(10)20-13-7-5-4-6-12(13)19-11(2)16;1-10-5-3-4-6-11(10)19-12-7-14(20(2,17)18)8-13(12,16)9-15;1-10-6-4-5-7-12(10)17-13-9-14(8-11(13)2)18(3,15)16;1-9-7-13(18(2,15)16)8-12(9)17-11-6-4-3-5-10(11)14;1-6(9)11-8-5-3-2-4-7(8)10;1-5-3-7(4-6(5)8)11(2,9)10;5*1-2;1-2-3;;;;;;;;/h1-15H;4-7,14H,1,8-9H2,2-3H3;3-6,12,15-16H,7-9H2,1-2H3;4-7,13H,2,8-9H2,1,3H3;3-6,12,14H,1,7-8H2,2H3;2-5,10H,1H3;6,8H,1,3-4H2,2H3;5*1-2H3;1H3;1H4;;1H2;;;;;/q+1;;;;;;;;;;;;;;+1;;;;;;/p-1/t;14-;12-,13+;13-;12-;;6-;;;;;;;;;;;;;;/m.0000.1............../s1. The first kappa shape index (κ1) is 138. The number of nitrogens with zero attached hydrogens (tertiary/aromatic N) is 6. The third-order valence-electron chi connectivity index (χ3n) is 18.7. The van der Waals surface area contributed by atoms with Crippen LogP contribution >= 0.6 is 14.0 Å². The topological polar surface area (TPSA) is 505 Å². The second kappa shape index (κ2) is 68.5. The molecule has 0 radical (unpaired) electrons. The summed E-state index contributed by atoms with van der Waals surface area (Å²) in [5, 5.41) is 53.8. The third-order valence-corrected chi connectivity index (χ3v) is 33.2. The molecule has 0 bridgehead atoms. The van der Waals surface area contributed by atoms with Crippen LogP contribution in [0.4, 0.5) is 0 Å². The van der Waals surface area contributed by atoms with Gasteiger partial charge in [-0.2, -0.15) is 26.4 Å². The Kier molecular flexibility index (Phi) is 67.3. The Hall–Kier alpha value is -8.76. The fourth-order valence-corrected chi connectivity index (χ4v) is 23.8. The average molecular weight is 2310 g/mol. The number of aliphatic hydroxyl groups is 3. The molecule has 0 aliphatic carbocycles. The number of carbonyl (C=O) groups is 2. The van der Waals surface area contributed by atoms with Gasteiger partial charge in [0.25, 0.3) is 0 Å². The third kappa shape index (κ3) is 49.1. The fourth-order valence-electron chi connectivity index (χ4n) is 12.1. The summed E-state index contributed by atoms with van der Waals surface area (Å²) in [7, 11) is -14.1. The summed E-state index contributed by atoms with van der Waals surface area (Å²) in [6, 6.07) is 66.7. The molecule has 5 aliphatic heterocycles. The van der Waals surface area contributed by atoms with Gasteiger partial charge < -0.3 is 59.4 Å². The van der Waals surface area contributed by atoms with E-state index in [2.05, 4.69) is 127 Å². The molecule has 0 spiro atoms. The quantitative estimate of drug-likeness (QED) is 0.0118. The number of sulfonamides is 5. The van der Waals surface area contributed by atoms with Gasteiger partial charge in [-0.1, -0.05) is 236 Å². The van der Waals surface area contributed by atoms with Crippen LogP contribution in [0.2, 0.25) is 0 Å². The number of esters is 2. The van der Waals surface area contributed by atoms with Gasteiger partial charge in [-0.25, -0.2) is 42.1 Å². The number of aromatic hydroxyl groups is 2. The molecule has 5 heterocycles. The number of aliphatic hydroxyl groups excluding tert-OH is 2. The molecular weight excluding hydrogens is 2170 g/mol. The fraction of sp³-hybridized carbons (Fsp3) is 0.396. The molecule has 141 heavy (non-hydrogen) atoms. The number of β-amino-alcohol motifs (C(OH)–C–C–N with tert-alkyl or cyclic N) is 2. The Morgan fingerprint density at radius 1 is 0.433 bits per heavy atom. The molecule has 6 N–H and O–H groups in total. The van der Waals surface area contributed by atoms with Crippen molar-refractivity contribution < 1.29 is 170 Å². The zero-order chi connectivity index (χ0) is 106. The van der Waals surface area contributed by atoms with Gasteiger partial charge in [0, 0.05) is 53.1 Å². The molecule has 5 fully saturated rings. The van der Waals surface area contributed by atoms with Crippen molar-refractivity contribution in [3.63, 3.8) is 0 Å². The van der Waals surface area contributed by atoms with E-state index in [9.17, 15) is 67.0 Å². The Bertz CT molecular complexity index is 5850. The first-order valence-corrected chi connectivity index (χ1v) is 61.0. The predicted octanol–water partition coefficient (Wildman–Crippen LogP) is 10.8. The van der Waals surface area contributed by atoms with Gasteiger partial charge in [0.15, 0.2) is 48.5 Å². The molecule has 45 heteroatoms. The van der Waals surface area contributed by atoms with Crippen molar-refractivity contribution in [2.75, 3.05) is 110 Å². The van der Waals surface area contributed by atoms with Crippen LogP contribution in [0.5, 0.6) is 46.0 Å². The number of para-hydroxylation sites is 8. The number of carbonyl (C=O) groups excluding carboxylic acids is 2. The molecular formula is C96H140N6NaO29OsP2S6+. The molecule has 5 saturated heterocycles. The number of phenolic OH excluding ortho intramolecular Hbond substituents is 2. The van der Waals surface area contributed by atoms with Crippen LogP contribution in [-0.2, 0) is 101 Å². The number of hydrogen-bond donors (Lipinski definition) is 5. The summed E-state index contributed by atoms with van der Waals surface area (Å²) in [5.41, 5.74) is 3.03. The van der Waals surface area contributed by atoms with Gasteiger partial charge in [0.2, 0.25) is 50.1 Å². The van der Waals surface area contributed by atoms with Crippen molar-refractivity contribution in [2.24, 2.45) is 5.18 Å². The molecule has 0 aromatic heterocycles. The molecule has 0 saturated carbocycles. The predicted molar refractivity (Wildman–Crippen MR) is 551 cm³/mol. The van der Waals surface area contributed by atoms with Crippen molar-refractivity contribution in [3.05, 3.63) is 277 Å². The zero-order valence-electron chi connectivity index (χ0n) is 83.2. The van der Waals surface area contributed by atoms with Gasteiger partial charge in [-0.3, -0.25) is 9.59 Å². The average Bonchev–Trinajstić information content (AvgIpc) is 1.76. The van der Waals surface area contributed by atoms with Gasteiger partial charge >= 0.3 is 70.5 Å². The van der Waals surface area contributed by atoms with Crippen LogP contribution < -0.4 is 73.9 Å².